The van der Waals surface area contributed by atoms with Crippen LogP contribution in [0.5, 0.6) is 5.75 Å². The minimum atomic E-state index is -4.08. The number of hydrogen-bond acceptors (Lipinski definition) is 2. The van der Waals surface area contributed by atoms with Crippen LogP contribution in [-0.2, 0) is 6.54 Å². The van der Waals surface area contributed by atoms with E-state index in [0.29, 0.717) is 19.5 Å². The van der Waals surface area contributed by atoms with Crippen molar-refractivity contribution in [3.8, 4) is 5.75 Å². The summed E-state index contributed by atoms with van der Waals surface area (Å²) in [6.45, 7) is 0.899. The van der Waals surface area contributed by atoms with Crippen LogP contribution < -0.4 is 10.1 Å². The summed E-state index contributed by atoms with van der Waals surface area (Å²) < 4.78 is 53.7. The van der Waals surface area contributed by atoms with E-state index in [1.54, 1.807) is 6.07 Å². The minimum Gasteiger partial charge on any atom is -0.494 e. The van der Waals surface area contributed by atoms with Gasteiger partial charge in [0, 0.05) is 13.0 Å². The number of nitrogens with one attached hydrogen (secondary N) is 1. The molecule has 0 bridgehead atoms. The summed E-state index contributed by atoms with van der Waals surface area (Å²) in [4.78, 5) is 0. The van der Waals surface area contributed by atoms with E-state index in [4.69, 9.17) is 4.74 Å². The molecule has 0 amide bonds. The zero-order chi connectivity index (χ0) is 14.3. The van der Waals surface area contributed by atoms with Crippen molar-refractivity contribution in [2.24, 2.45) is 0 Å². The molecule has 0 aliphatic rings. The highest BCUT2D eigenvalue weighted by atomic mass is 19.4. The molecule has 0 saturated carbocycles. The van der Waals surface area contributed by atoms with Gasteiger partial charge in [-0.2, -0.15) is 13.2 Å². The predicted octanol–water partition coefficient (Wildman–Crippen LogP) is 3.66. The van der Waals surface area contributed by atoms with Gasteiger partial charge in [0.05, 0.1) is 7.11 Å². The van der Waals surface area contributed by atoms with Gasteiger partial charge in [-0.15, -0.1) is 0 Å². The summed E-state index contributed by atoms with van der Waals surface area (Å²) in [7, 11) is 1.39. The average Bonchev–Trinajstić information content (AvgIpc) is 2.32. The first-order chi connectivity index (χ1) is 8.92. The molecule has 0 fully saturated rings. The van der Waals surface area contributed by atoms with Gasteiger partial charge in [-0.05, 0) is 37.1 Å². The van der Waals surface area contributed by atoms with Crippen LogP contribution in [0, 0.1) is 5.82 Å². The van der Waals surface area contributed by atoms with Gasteiger partial charge < -0.3 is 10.1 Å². The molecule has 2 nitrogen and oxygen atoms in total. The van der Waals surface area contributed by atoms with Gasteiger partial charge in [0.1, 0.15) is 0 Å². The molecule has 0 aliphatic carbocycles. The van der Waals surface area contributed by atoms with Crippen molar-refractivity contribution in [3.63, 3.8) is 0 Å². The Hall–Kier alpha value is -1.30. The van der Waals surface area contributed by atoms with Gasteiger partial charge in [0.2, 0.25) is 0 Å². The summed E-state index contributed by atoms with van der Waals surface area (Å²) in [5, 5.41) is 2.98. The molecule has 108 valence electrons. The zero-order valence-corrected chi connectivity index (χ0v) is 10.7. The number of halogens is 4. The molecule has 0 spiro atoms. The molecule has 0 aromatic heterocycles. The SMILES string of the molecule is COc1ccc(CNCCCCC(F)(F)F)cc1F. The van der Waals surface area contributed by atoms with E-state index in [0.717, 1.165) is 5.56 Å². The van der Waals surface area contributed by atoms with Crippen molar-refractivity contribution >= 4 is 0 Å². The van der Waals surface area contributed by atoms with Crippen LogP contribution in [0.25, 0.3) is 0 Å². The second-order valence-corrected chi connectivity index (χ2v) is 4.22. The molecule has 0 atom stereocenters. The van der Waals surface area contributed by atoms with E-state index in [1.165, 1.54) is 19.2 Å². The Kier molecular flexibility index (Phi) is 6.08. The summed E-state index contributed by atoms with van der Waals surface area (Å²) in [5.41, 5.74) is 0.731. The van der Waals surface area contributed by atoms with Gasteiger partial charge in [0.15, 0.2) is 11.6 Å². The number of hydrogen-bond donors (Lipinski definition) is 1. The van der Waals surface area contributed by atoms with Crippen molar-refractivity contribution in [2.45, 2.75) is 32.0 Å². The largest absolute Gasteiger partial charge is 0.494 e. The predicted molar refractivity (Wildman–Crippen MR) is 64.6 cm³/mol. The minimum absolute atomic E-state index is 0.105. The highest BCUT2D eigenvalue weighted by Crippen LogP contribution is 2.22. The Bertz CT molecular complexity index is 393. The number of methoxy groups -OCH3 is 1. The van der Waals surface area contributed by atoms with E-state index in [9.17, 15) is 17.6 Å². The lowest BCUT2D eigenvalue weighted by Crippen LogP contribution is -2.16. The molecule has 1 aromatic carbocycles. The molecule has 0 unspecified atom stereocenters. The Morgan fingerprint density at radius 1 is 1.21 bits per heavy atom. The third-order valence-corrected chi connectivity index (χ3v) is 2.61. The van der Waals surface area contributed by atoms with Crippen LogP contribution in [0.1, 0.15) is 24.8 Å². The maximum atomic E-state index is 13.3. The highest BCUT2D eigenvalue weighted by molar-refractivity contribution is 5.29. The van der Waals surface area contributed by atoms with E-state index < -0.39 is 18.4 Å². The lowest BCUT2D eigenvalue weighted by molar-refractivity contribution is -0.135. The van der Waals surface area contributed by atoms with E-state index in [1.807, 2.05) is 0 Å². The molecule has 1 N–H and O–H groups in total. The van der Waals surface area contributed by atoms with Gasteiger partial charge in [-0.1, -0.05) is 6.07 Å². The molecular formula is C13H17F4NO. The summed E-state index contributed by atoms with van der Waals surface area (Å²) in [5.74, 6) is -0.271. The van der Waals surface area contributed by atoms with Crippen molar-refractivity contribution in [1.29, 1.82) is 0 Å². The lowest BCUT2D eigenvalue weighted by atomic mass is 10.2. The average molecular weight is 279 g/mol. The van der Waals surface area contributed by atoms with Gasteiger partial charge in [-0.3, -0.25) is 0 Å². The third kappa shape index (κ3) is 6.42. The molecule has 0 saturated heterocycles. The van der Waals surface area contributed by atoms with Crippen LogP contribution in [0.15, 0.2) is 18.2 Å². The molecule has 19 heavy (non-hydrogen) atoms. The van der Waals surface area contributed by atoms with E-state index in [-0.39, 0.29) is 12.2 Å². The Labute approximate surface area is 109 Å². The normalized spacial score (nSPS) is 11.6. The fraction of sp³-hybridized carbons (Fsp3) is 0.538. The Morgan fingerprint density at radius 3 is 2.53 bits per heavy atom. The van der Waals surface area contributed by atoms with Crippen LogP contribution in [0.2, 0.25) is 0 Å². The maximum absolute atomic E-state index is 13.3. The maximum Gasteiger partial charge on any atom is 0.389 e. The number of rotatable bonds is 7. The second kappa shape index (κ2) is 7.33. The van der Waals surface area contributed by atoms with Gasteiger partial charge in [-0.25, -0.2) is 4.39 Å². The smallest absolute Gasteiger partial charge is 0.389 e. The van der Waals surface area contributed by atoms with Crippen molar-refractivity contribution in [1.82, 2.24) is 5.32 Å². The number of alkyl halides is 3. The van der Waals surface area contributed by atoms with E-state index >= 15 is 0 Å². The topological polar surface area (TPSA) is 21.3 Å². The second-order valence-electron chi connectivity index (χ2n) is 4.22. The molecule has 0 heterocycles. The molecule has 1 rings (SSSR count). The fourth-order valence-corrected chi connectivity index (χ4v) is 1.63. The van der Waals surface area contributed by atoms with Gasteiger partial charge in [0.25, 0.3) is 0 Å². The van der Waals surface area contributed by atoms with Crippen molar-refractivity contribution < 1.29 is 22.3 Å². The van der Waals surface area contributed by atoms with Crippen LogP contribution >= 0.6 is 0 Å². The van der Waals surface area contributed by atoms with Crippen LogP contribution in [-0.4, -0.2) is 19.8 Å². The van der Waals surface area contributed by atoms with E-state index in [2.05, 4.69) is 5.32 Å². The summed E-state index contributed by atoms with van der Waals surface area (Å²) >= 11 is 0. The number of benzene rings is 1. The first-order valence-electron chi connectivity index (χ1n) is 6.02. The quantitative estimate of drug-likeness (QED) is 0.607. The van der Waals surface area contributed by atoms with Gasteiger partial charge >= 0.3 is 6.18 Å². The summed E-state index contributed by atoms with van der Waals surface area (Å²) in [6.07, 6.45) is -4.30. The fourth-order valence-electron chi connectivity index (χ4n) is 1.63. The molecular weight excluding hydrogens is 262 g/mol. The summed E-state index contributed by atoms with van der Waals surface area (Å²) in [6, 6.07) is 4.59. The van der Waals surface area contributed by atoms with Crippen molar-refractivity contribution in [2.75, 3.05) is 13.7 Å². The Morgan fingerprint density at radius 2 is 1.95 bits per heavy atom. The zero-order valence-electron chi connectivity index (χ0n) is 10.7. The molecule has 0 aliphatic heterocycles. The van der Waals surface area contributed by atoms with Crippen molar-refractivity contribution in [3.05, 3.63) is 29.6 Å². The number of unbranched alkanes of at least 4 members (excludes halogenated alkanes) is 1. The Balaban J connectivity index is 2.21. The molecule has 1 aromatic rings. The molecule has 6 heteroatoms. The van der Waals surface area contributed by atoms with Crippen LogP contribution in [0.3, 0.4) is 0 Å². The highest BCUT2D eigenvalue weighted by Gasteiger charge is 2.25. The monoisotopic (exact) mass is 279 g/mol. The third-order valence-electron chi connectivity index (χ3n) is 2.61. The van der Waals surface area contributed by atoms with Crippen LogP contribution in [0.4, 0.5) is 17.6 Å². The number of ether oxygens (including phenoxy) is 1. The first-order valence-corrected chi connectivity index (χ1v) is 6.02. The lowest BCUT2D eigenvalue weighted by Gasteiger charge is -2.08. The first kappa shape index (κ1) is 15.8. The molecule has 0 radical (unpaired) electrons. The standard InChI is InChI=1S/C13H17F4NO/c1-19-12-5-4-10(8-11(12)14)9-18-7-3-2-6-13(15,16)17/h4-5,8,18H,2-3,6-7,9H2,1H3.